The Kier molecular flexibility index (Phi) is 5.61. The molecule has 1 saturated heterocycles. The number of amides is 5. The second-order valence-electron chi connectivity index (χ2n) is 6.66. The summed E-state index contributed by atoms with van der Waals surface area (Å²) < 4.78 is 37.4. The van der Waals surface area contributed by atoms with Gasteiger partial charge in [-0.2, -0.15) is 13.2 Å². The number of thioether (sulfide) groups is 1. The number of hydrogen-bond donors (Lipinski definition) is 3. The zero-order chi connectivity index (χ0) is 22.1. The molecule has 2 heterocycles. The minimum absolute atomic E-state index is 0.0627. The number of urea groups is 2. The van der Waals surface area contributed by atoms with E-state index in [1.54, 1.807) is 6.07 Å². The number of carbonyl (C=O) groups excluding carboxylic acids is 3. The Morgan fingerprint density at radius 2 is 1.93 bits per heavy atom. The number of nitrogens with one attached hydrogen (secondary N) is 2. The van der Waals surface area contributed by atoms with Crippen LogP contribution in [0.5, 0.6) is 0 Å². The third kappa shape index (κ3) is 4.82. The van der Waals surface area contributed by atoms with E-state index in [1.807, 2.05) is 0 Å². The highest BCUT2D eigenvalue weighted by molar-refractivity contribution is 8.00. The van der Waals surface area contributed by atoms with E-state index >= 15 is 0 Å². The van der Waals surface area contributed by atoms with Crippen molar-refractivity contribution in [2.45, 2.75) is 29.3 Å². The number of anilines is 2. The first-order valence-electron chi connectivity index (χ1n) is 8.51. The van der Waals surface area contributed by atoms with Crippen LogP contribution in [0.4, 0.5) is 34.3 Å². The molecule has 0 spiro atoms. The van der Waals surface area contributed by atoms with Gasteiger partial charge in [-0.25, -0.2) is 19.5 Å². The van der Waals surface area contributed by atoms with Crippen molar-refractivity contribution in [3.05, 3.63) is 48.2 Å². The van der Waals surface area contributed by atoms with Gasteiger partial charge in [-0.05, 0) is 60.6 Å². The predicted molar refractivity (Wildman–Crippen MR) is 104 cm³/mol. The Balaban J connectivity index is 1.79. The first kappa shape index (κ1) is 21.4. The van der Waals surface area contributed by atoms with Crippen LogP contribution in [-0.2, 0) is 11.2 Å². The minimum atomic E-state index is -4.44. The van der Waals surface area contributed by atoms with Crippen molar-refractivity contribution >= 4 is 41.2 Å². The highest BCUT2D eigenvalue weighted by Crippen LogP contribution is 2.38. The van der Waals surface area contributed by atoms with Crippen molar-refractivity contribution in [2.75, 3.05) is 10.2 Å². The van der Waals surface area contributed by atoms with E-state index in [2.05, 4.69) is 15.6 Å². The van der Waals surface area contributed by atoms with Crippen molar-refractivity contribution < 1.29 is 27.6 Å². The van der Waals surface area contributed by atoms with Gasteiger partial charge in [-0.15, -0.1) is 0 Å². The van der Waals surface area contributed by atoms with Crippen LogP contribution in [0.1, 0.15) is 12.5 Å². The van der Waals surface area contributed by atoms with Crippen LogP contribution in [0.3, 0.4) is 0 Å². The lowest BCUT2D eigenvalue weighted by Crippen LogP contribution is -2.46. The minimum Gasteiger partial charge on any atom is -0.351 e. The van der Waals surface area contributed by atoms with Gasteiger partial charge in [0, 0.05) is 17.5 Å². The number of imide groups is 1. The molecule has 5 amide bonds. The molecule has 1 unspecified atom stereocenters. The largest absolute Gasteiger partial charge is 0.446 e. The molecule has 1 fully saturated rings. The number of carbonyl (C=O) groups is 3. The van der Waals surface area contributed by atoms with E-state index in [0.29, 0.717) is 5.56 Å². The number of pyridine rings is 1. The molecule has 2 aromatic rings. The van der Waals surface area contributed by atoms with Crippen molar-refractivity contribution in [2.24, 2.45) is 5.73 Å². The predicted octanol–water partition coefficient (Wildman–Crippen LogP) is 3.24. The molecule has 1 aliphatic heterocycles. The van der Waals surface area contributed by atoms with E-state index in [4.69, 9.17) is 5.73 Å². The first-order chi connectivity index (χ1) is 14.0. The highest BCUT2D eigenvalue weighted by Gasteiger charge is 2.48. The molecule has 12 heteroatoms. The van der Waals surface area contributed by atoms with Gasteiger partial charge < -0.3 is 11.1 Å². The molecular weight excluding hydrogens is 423 g/mol. The summed E-state index contributed by atoms with van der Waals surface area (Å²) in [7, 11) is 0. The smallest absolute Gasteiger partial charge is 0.351 e. The fourth-order valence-corrected chi connectivity index (χ4v) is 3.56. The number of nitrogens with two attached hydrogens (primary N) is 1. The van der Waals surface area contributed by atoms with E-state index in [0.717, 1.165) is 4.90 Å². The monoisotopic (exact) mass is 439 g/mol. The summed E-state index contributed by atoms with van der Waals surface area (Å²) in [6, 6.07) is 6.57. The van der Waals surface area contributed by atoms with Gasteiger partial charge in [0.05, 0.1) is 5.69 Å². The zero-order valence-corrected chi connectivity index (χ0v) is 16.3. The van der Waals surface area contributed by atoms with E-state index < -0.39 is 29.0 Å². The summed E-state index contributed by atoms with van der Waals surface area (Å²) in [4.78, 5) is 41.1. The number of aromatic nitrogens is 1. The van der Waals surface area contributed by atoms with Gasteiger partial charge in [-0.1, -0.05) is 0 Å². The third-order valence-corrected chi connectivity index (χ3v) is 4.96. The molecular formula is C18H16F3N5O3S. The van der Waals surface area contributed by atoms with Crippen molar-refractivity contribution in [1.82, 2.24) is 10.3 Å². The number of benzene rings is 1. The van der Waals surface area contributed by atoms with E-state index in [1.165, 1.54) is 43.5 Å². The normalized spacial score (nSPS) is 19.0. The molecule has 1 atom stereocenters. The van der Waals surface area contributed by atoms with Crippen LogP contribution in [0.15, 0.2) is 47.5 Å². The Labute approximate surface area is 173 Å². The summed E-state index contributed by atoms with van der Waals surface area (Å²) in [6.45, 7) is 1.53. The Morgan fingerprint density at radius 1 is 1.27 bits per heavy atom. The van der Waals surface area contributed by atoms with Crippen LogP contribution < -0.4 is 21.3 Å². The number of primary amides is 1. The Morgan fingerprint density at radius 3 is 2.53 bits per heavy atom. The number of halogens is 3. The average molecular weight is 439 g/mol. The Hall–Kier alpha value is -3.28. The lowest BCUT2D eigenvalue weighted by Gasteiger charge is -2.22. The SMILES string of the molecule is CC1(Cc2ccnc(NC(N)=O)c2)NC(=O)N(c2ccc(SC(F)(F)F)cc2)C1=O. The van der Waals surface area contributed by atoms with Crippen molar-refractivity contribution in [3.63, 3.8) is 0 Å². The second-order valence-corrected chi connectivity index (χ2v) is 7.80. The molecule has 1 aromatic carbocycles. The molecule has 8 nitrogen and oxygen atoms in total. The first-order valence-corrected chi connectivity index (χ1v) is 9.32. The fourth-order valence-electron chi connectivity index (χ4n) is 3.02. The lowest BCUT2D eigenvalue weighted by atomic mass is 9.93. The highest BCUT2D eigenvalue weighted by atomic mass is 32.2. The fraction of sp³-hybridized carbons (Fsp3) is 0.222. The molecule has 1 aliphatic rings. The van der Waals surface area contributed by atoms with Crippen LogP contribution in [0.25, 0.3) is 0 Å². The molecule has 158 valence electrons. The maximum atomic E-state index is 13.0. The molecule has 0 radical (unpaired) electrons. The third-order valence-electron chi connectivity index (χ3n) is 4.22. The number of hydrogen-bond acceptors (Lipinski definition) is 5. The van der Waals surface area contributed by atoms with E-state index in [-0.39, 0.29) is 34.6 Å². The molecule has 4 N–H and O–H groups in total. The van der Waals surface area contributed by atoms with Crippen LogP contribution in [-0.4, -0.2) is 34.0 Å². The molecule has 0 aliphatic carbocycles. The van der Waals surface area contributed by atoms with Gasteiger partial charge in [0.15, 0.2) is 0 Å². The molecule has 1 aromatic heterocycles. The van der Waals surface area contributed by atoms with Gasteiger partial charge in [0.1, 0.15) is 11.4 Å². The topological polar surface area (TPSA) is 117 Å². The van der Waals surface area contributed by atoms with Crippen molar-refractivity contribution in [3.8, 4) is 0 Å². The average Bonchev–Trinajstić information content (AvgIpc) is 2.83. The van der Waals surface area contributed by atoms with Gasteiger partial charge in [-0.3, -0.25) is 10.1 Å². The second kappa shape index (κ2) is 7.86. The zero-order valence-electron chi connectivity index (χ0n) is 15.5. The van der Waals surface area contributed by atoms with Gasteiger partial charge >= 0.3 is 17.6 Å². The van der Waals surface area contributed by atoms with Gasteiger partial charge in [0.25, 0.3) is 5.91 Å². The maximum absolute atomic E-state index is 13.0. The number of alkyl halides is 3. The molecule has 3 rings (SSSR count). The Bertz CT molecular complexity index is 999. The quantitative estimate of drug-likeness (QED) is 0.488. The summed E-state index contributed by atoms with van der Waals surface area (Å²) in [6.07, 6.45) is 1.51. The number of rotatable bonds is 5. The lowest BCUT2D eigenvalue weighted by molar-refractivity contribution is -0.121. The molecule has 0 saturated carbocycles. The number of nitrogens with zero attached hydrogens (tertiary/aromatic N) is 2. The van der Waals surface area contributed by atoms with Crippen LogP contribution in [0, 0.1) is 0 Å². The van der Waals surface area contributed by atoms with Crippen LogP contribution >= 0.6 is 11.8 Å². The summed E-state index contributed by atoms with van der Waals surface area (Å²) >= 11 is -0.288. The van der Waals surface area contributed by atoms with Crippen LogP contribution in [0.2, 0.25) is 0 Å². The summed E-state index contributed by atoms with van der Waals surface area (Å²) in [5, 5.41) is 4.93. The van der Waals surface area contributed by atoms with E-state index in [9.17, 15) is 27.6 Å². The molecule has 0 bridgehead atoms. The summed E-state index contributed by atoms with van der Waals surface area (Å²) in [5.41, 5.74) is 0.0712. The van der Waals surface area contributed by atoms with Gasteiger partial charge in [0.2, 0.25) is 0 Å². The molecule has 30 heavy (non-hydrogen) atoms. The maximum Gasteiger partial charge on any atom is 0.446 e. The summed E-state index contributed by atoms with van der Waals surface area (Å²) in [5.74, 6) is -0.375. The standard InChI is InChI=1S/C18H16F3N5O3S/c1-17(9-10-6-7-23-13(8-10)24-15(22)28)14(27)26(16(29)25-17)11-2-4-12(5-3-11)30-18(19,20)21/h2-8H,9H2,1H3,(H,25,29)(H3,22,23,24,28). The van der Waals surface area contributed by atoms with Crippen molar-refractivity contribution in [1.29, 1.82) is 0 Å².